The van der Waals surface area contributed by atoms with Crippen LogP contribution in [0.25, 0.3) is 0 Å². The summed E-state index contributed by atoms with van der Waals surface area (Å²) in [6, 6.07) is 2.54. The third-order valence-electron chi connectivity index (χ3n) is 3.16. The zero-order chi connectivity index (χ0) is 13.0. The van der Waals surface area contributed by atoms with Crippen molar-refractivity contribution in [2.75, 3.05) is 5.32 Å². The van der Waals surface area contributed by atoms with Crippen molar-refractivity contribution in [3.8, 4) is 0 Å². The molecule has 1 amide bonds. The van der Waals surface area contributed by atoms with Crippen molar-refractivity contribution in [3.63, 3.8) is 0 Å². The molecule has 0 radical (unpaired) electrons. The molecule has 0 aliphatic heterocycles. The van der Waals surface area contributed by atoms with Crippen LogP contribution in [0.4, 0.5) is 15.0 Å². The Hall–Kier alpha value is -1.85. The zero-order valence-electron chi connectivity index (χ0n) is 9.90. The van der Waals surface area contributed by atoms with Gasteiger partial charge in [0.15, 0.2) is 11.6 Å². The van der Waals surface area contributed by atoms with Crippen LogP contribution in [-0.2, 0) is 0 Å². The van der Waals surface area contributed by atoms with Crippen molar-refractivity contribution < 1.29 is 14.3 Å². The summed E-state index contributed by atoms with van der Waals surface area (Å²) in [6.45, 7) is 0. The van der Waals surface area contributed by atoms with Gasteiger partial charge in [-0.05, 0) is 25.0 Å². The molecule has 2 rings (SSSR count). The highest BCUT2D eigenvalue weighted by Crippen LogP contribution is 2.22. The fourth-order valence-corrected chi connectivity index (χ4v) is 2.30. The summed E-state index contributed by atoms with van der Waals surface area (Å²) >= 11 is 0. The van der Waals surface area contributed by atoms with Crippen molar-refractivity contribution >= 4 is 11.9 Å². The van der Waals surface area contributed by atoms with E-state index in [0.29, 0.717) is 0 Å². The number of pyridine rings is 1. The van der Waals surface area contributed by atoms with Crippen LogP contribution in [0.1, 0.15) is 33.1 Å². The molecule has 6 heteroatoms. The van der Waals surface area contributed by atoms with Crippen LogP contribution in [0.15, 0.2) is 18.3 Å². The highest BCUT2D eigenvalue weighted by molar-refractivity contribution is 5.65. The van der Waals surface area contributed by atoms with Gasteiger partial charge < -0.3 is 15.7 Å². The molecule has 0 bridgehead atoms. The lowest BCUT2D eigenvalue weighted by Crippen LogP contribution is -2.48. The SMILES string of the molecule is C.O=C(O)N[C@@H]1CCCC[C@H]1Nc1ncccc1F. The molecule has 19 heavy (non-hydrogen) atoms. The Labute approximate surface area is 112 Å². The van der Waals surface area contributed by atoms with Crippen molar-refractivity contribution in [3.05, 3.63) is 24.1 Å². The second-order valence-electron chi connectivity index (χ2n) is 4.43. The molecule has 1 saturated carbocycles. The molecule has 2 atom stereocenters. The third kappa shape index (κ3) is 4.08. The molecular weight excluding hydrogens is 249 g/mol. The standard InChI is InChI=1S/C12H16FN3O2.CH4/c13-8-4-3-7-14-11(8)15-9-5-1-2-6-10(9)16-12(17)18;/h3-4,7,9-10,16H,1-2,5-6H2,(H,14,15)(H,17,18);1H4/t9-,10-;/m1./s1. The zero-order valence-corrected chi connectivity index (χ0v) is 9.90. The molecule has 106 valence electrons. The van der Waals surface area contributed by atoms with Crippen molar-refractivity contribution in [2.24, 2.45) is 0 Å². The molecule has 5 nitrogen and oxygen atoms in total. The minimum Gasteiger partial charge on any atom is -0.465 e. The van der Waals surface area contributed by atoms with E-state index < -0.39 is 11.9 Å². The van der Waals surface area contributed by atoms with Gasteiger partial charge >= 0.3 is 6.09 Å². The Bertz CT molecular complexity index is 428. The van der Waals surface area contributed by atoms with Gasteiger partial charge in [-0.2, -0.15) is 0 Å². The monoisotopic (exact) mass is 269 g/mol. The average Bonchev–Trinajstić information content (AvgIpc) is 2.34. The highest BCUT2D eigenvalue weighted by Gasteiger charge is 2.27. The maximum Gasteiger partial charge on any atom is 0.404 e. The maximum absolute atomic E-state index is 13.5. The first kappa shape index (κ1) is 15.2. The number of anilines is 1. The maximum atomic E-state index is 13.5. The lowest BCUT2D eigenvalue weighted by molar-refractivity contribution is 0.184. The van der Waals surface area contributed by atoms with E-state index in [4.69, 9.17) is 5.11 Å². The number of nitrogens with one attached hydrogen (secondary N) is 2. The summed E-state index contributed by atoms with van der Waals surface area (Å²) in [5.41, 5.74) is 0. The van der Waals surface area contributed by atoms with Gasteiger partial charge in [-0.3, -0.25) is 0 Å². The predicted octanol–water partition coefficient (Wildman–Crippen LogP) is 2.85. The number of halogens is 1. The van der Waals surface area contributed by atoms with Gasteiger partial charge in [0.2, 0.25) is 0 Å². The Morgan fingerprint density at radius 1 is 1.37 bits per heavy atom. The number of carbonyl (C=O) groups is 1. The van der Waals surface area contributed by atoms with Gasteiger partial charge in [0.1, 0.15) is 0 Å². The second-order valence-corrected chi connectivity index (χ2v) is 4.43. The molecule has 0 unspecified atom stereocenters. The lowest BCUT2D eigenvalue weighted by atomic mass is 9.90. The van der Waals surface area contributed by atoms with Crippen LogP contribution in [0.2, 0.25) is 0 Å². The van der Waals surface area contributed by atoms with Crippen molar-refractivity contribution in [1.29, 1.82) is 0 Å². The highest BCUT2D eigenvalue weighted by atomic mass is 19.1. The first-order valence-corrected chi connectivity index (χ1v) is 6.03. The van der Waals surface area contributed by atoms with Gasteiger partial charge in [-0.1, -0.05) is 20.3 Å². The summed E-state index contributed by atoms with van der Waals surface area (Å²) in [7, 11) is 0. The average molecular weight is 269 g/mol. The molecule has 3 N–H and O–H groups in total. The summed E-state index contributed by atoms with van der Waals surface area (Å²) in [6.07, 6.45) is 4.01. The van der Waals surface area contributed by atoms with Gasteiger partial charge in [0.25, 0.3) is 0 Å². The number of hydrogen-bond donors (Lipinski definition) is 3. The Morgan fingerprint density at radius 2 is 2.05 bits per heavy atom. The summed E-state index contributed by atoms with van der Waals surface area (Å²) in [5, 5.41) is 14.2. The minimum atomic E-state index is -1.05. The predicted molar refractivity (Wildman–Crippen MR) is 71.8 cm³/mol. The van der Waals surface area contributed by atoms with Crippen LogP contribution >= 0.6 is 0 Å². The van der Waals surface area contributed by atoms with Crippen LogP contribution < -0.4 is 10.6 Å². The quantitative estimate of drug-likeness (QED) is 0.788. The van der Waals surface area contributed by atoms with E-state index in [0.717, 1.165) is 25.7 Å². The van der Waals surface area contributed by atoms with E-state index in [2.05, 4.69) is 15.6 Å². The molecule has 0 saturated heterocycles. The van der Waals surface area contributed by atoms with E-state index in [1.54, 1.807) is 0 Å². The third-order valence-corrected chi connectivity index (χ3v) is 3.16. The smallest absolute Gasteiger partial charge is 0.404 e. The number of carboxylic acid groups (broad SMARTS) is 1. The summed E-state index contributed by atoms with van der Waals surface area (Å²) < 4.78 is 13.5. The fraction of sp³-hybridized carbons (Fsp3) is 0.538. The molecule has 0 aromatic carbocycles. The van der Waals surface area contributed by atoms with E-state index in [1.165, 1.54) is 18.3 Å². The van der Waals surface area contributed by atoms with E-state index in [1.807, 2.05) is 0 Å². The topological polar surface area (TPSA) is 74.2 Å². The Balaban J connectivity index is 0.00000180. The Kier molecular flexibility index (Phi) is 5.54. The molecule has 1 aliphatic carbocycles. The number of rotatable bonds is 3. The fourth-order valence-electron chi connectivity index (χ4n) is 2.30. The number of hydrogen-bond acceptors (Lipinski definition) is 3. The molecule has 1 aromatic heterocycles. The lowest BCUT2D eigenvalue weighted by Gasteiger charge is -2.32. The van der Waals surface area contributed by atoms with E-state index in [-0.39, 0.29) is 25.3 Å². The summed E-state index contributed by atoms with van der Waals surface area (Å²) in [5.74, 6) is -0.237. The van der Waals surface area contributed by atoms with Crippen LogP contribution in [-0.4, -0.2) is 28.3 Å². The normalized spacial score (nSPS) is 22.2. The molecular formula is C13H20FN3O2. The van der Waals surface area contributed by atoms with Gasteiger partial charge in [0.05, 0.1) is 6.04 Å². The molecule has 1 aliphatic rings. The van der Waals surface area contributed by atoms with Gasteiger partial charge in [0, 0.05) is 12.2 Å². The summed E-state index contributed by atoms with van der Waals surface area (Å²) in [4.78, 5) is 14.6. The first-order chi connectivity index (χ1) is 8.66. The van der Waals surface area contributed by atoms with Crippen molar-refractivity contribution in [1.82, 2.24) is 10.3 Å². The number of aromatic nitrogens is 1. The molecule has 0 spiro atoms. The van der Waals surface area contributed by atoms with Crippen molar-refractivity contribution in [2.45, 2.75) is 45.2 Å². The largest absolute Gasteiger partial charge is 0.465 e. The molecule has 1 heterocycles. The Morgan fingerprint density at radius 3 is 2.68 bits per heavy atom. The van der Waals surface area contributed by atoms with Gasteiger partial charge in [-0.15, -0.1) is 0 Å². The minimum absolute atomic E-state index is 0. The first-order valence-electron chi connectivity index (χ1n) is 6.03. The second kappa shape index (κ2) is 6.92. The molecule has 1 fully saturated rings. The van der Waals surface area contributed by atoms with Gasteiger partial charge in [-0.25, -0.2) is 14.2 Å². The van der Waals surface area contributed by atoms with E-state index in [9.17, 15) is 9.18 Å². The molecule has 1 aromatic rings. The van der Waals surface area contributed by atoms with Crippen LogP contribution in [0, 0.1) is 5.82 Å². The van der Waals surface area contributed by atoms with Crippen LogP contribution in [0.3, 0.4) is 0 Å². The van der Waals surface area contributed by atoms with Crippen LogP contribution in [0.5, 0.6) is 0 Å². The number of nitrogens with zero attached hydrogens (tertiary/aromatic N) is 1. The van der Waals surface area contributed by atoms with E-state index >= 15 is 0 Å². The number of amides is 1.